The highest BCUT2D eigenvalue weighted by atomic mass is 32.1. The standard InChI is InChI=1S/C8H6O3S/c9-4-5-2-1-3-6-7(5)11-8(12)10-6/h1-3,9H,4H2. The van der Waals surface area contributed by atoms with E-state index in [0.717, 1.165) is 0 Å². The fraction of sp³-hybridized carbons (Fsp3) is 0.125. The van der Waals surface area contributed by atoms with Crippen LogP contribution in [0.2, 0.25) is 0 Å². The highest BCUT2D eigenvalue weighted by Gasteiger charge is 2.05. The minimum Gasteiger partial charge on any atom is -0.413 e. The van der Waals surface area contributed by atoms with Gasteiger partial charge in [0, 0.05) is 17.8 Å². The third-order valence-corrected chi connectivity index (χ3v) is 1.78. The van der Waals surface area contributed by atoms with Gasteiger partial charge in [0.1, 0.15) is 0 Å². The molecule has 2 rings (SSSR count). The van der Waals surface area contributed by atoms with Crippen LogP contribution in [-0.4, -0.2) is 5.11 Å². The van der Waals surface area contributed by atoms with Crippen molar-refractivity contribution in [3.63, 3.8) is 0 Å². The fourth-order valence-electron chi connectivity index (χ4n) is 1.08. The molecule has 0 amide bonds. The number of rotatable bonds is 1. The minimum atomic E-state index is -0.0743. The van der Waals surface area contributed by atoms with Crippen LogP contribution in [0.5, 0.6) is 0 Å². The molecule has 1 aromatic heterocycles. The van der Waals surface area contributed by atoms with Crippen LogP contribution >= 0.6 is 12.2 Å². The maximum Gasteiger partial charge on any atom is 0.363 e. The van der Waals surface area contributed by atoms with E-state index in [2.05, 4.69) is 0 Å². The van der Waals surface area contributed by atoms with Gasteiger partial charge in [-0.05, 0) is 6.07 Å². The molecule has 0 radical (unpaired) electrons. The molecular weight excluding hydrogens is 176 g/mol. The lowest BCUT2D eigenvalue weighted by Crippen LogP contribution is -1.81. The van der Waals surface area contributed by atoms with Crippen LogP contribution in [0.25, 0.3) is 11.2 Å². The number of aliphatic hydroxyl groups is 1. The lowest BCUT2D eigenvalue weighted by Gasteiger charge is -1.92. The Morgan fingerprint density at radius 2 is 2.17 bits per heavy atom. The third kappa shape index (κ3) is 1.05. The molecule has 1 N–H and O–H groups in total. The lowest BCUT2D eigenvalue weighted by molar-refractivity contribution is 0.281. The molecule has 0 aliphatic heterocycles. The van der Waals surface area contributed by atoms with E-state index >= 15 is 0 Å². The Labute approximate surface area is 73.2 Å². The summed E-state index contributed by atoms with van der Waals surface area (Å²) in [4.78, 5) is 0.0888. The summed E-state index contributed by atoms with van der Waals surface area (Å²) in [6.45, 7) is -0.0743. The van der Waals surface area contributed by atoms with Gasteiger partial charge in [-0.15, -0.1) is 0 Å². The topological polar surface area (TPSA) is 46.5 Å². The van der Waals surface area contributed by atoms with Crippen molar-refractivity contribution in [3.8, 4) is 0 Å². The monoisotopic (exact) mass is 182 g/mol. The Morgan fingerprint density at radius 3 is 2.92 bits per heavy atom. The first-order chi connectivity index (χ1) is 5.81. The quantitative estimate of drug-likeness (QED) is 0.687. The van der Waals surface area contributed by atoms with Crippen molar-refractivity contribution in [1.29, 1.82) is 0 Å². The Morgan fingerprint density at radius 1 is 1.33 bits per heavy atom. The van der Waals surface area contributed by atoms with Gasteiger partial charge in [-0.3, -0.25) is 0 Å². The molecule has 0 aliphatic carbocycles. The third-order valence-electron chi connectivity index (χ3n) is 1.61. The zero-order chi connectivity index (χ0) is 8.55. The molecule has 0 bridgehead atoms. The zero-order valence-electron chi connectivity index (χ0n) is 6.11. The van der Waals surface area contributed by atoms with Crippen LogP contribution in [-0.2, 0) is 6.61 Å². The van der Waals surface area contributed by atoms with Crippen molar-refractivity contribution in [2.45, 2.75) is 6.61 Å². The van der Waals surface area contributed by atoms with E-state index in [1.165, 1.54) is 0 Å². The summed E-state index contributed by atoms with van der Waals surface area (Å²) in [5, 5.41) is 8.91. The van der Waals surface area contributed by atoms with E-state index in [4.69, 9.17) is 26.2 Å². The van der Waals surface area contributed by atoms with Gasteiger partial charge in [0.15, 0.2) is 11.2 Å². The number of aliphatic hydroxyl groups excluding tert-OH is 1. The van der Waals surface area contributed by atoms with Crippen molar-refractivity contribution in [2.24, 2.45) is 0 Å². The molecule has 0 atom stereocenters. The largest absolute Gasteiger partial charge is 0.413 e. The zero-order valence-corrected chi connectivity index (χ0v) is 6.93. The van der Waals surface area contributed by atoms with Gasteiger partial charge in [-0.2, -0.15) is 0 Å². The molecule has 2 aromatic rings. The molecule has 62 valence electrons. The summed E-state index contributed by atoms with van der Waals surface area (Å²) in [6, 6.07) is 5.28. The maximum absolute atomic E-state index is 8.91. The van der Waals surface area contributed by atoms with Crippen molar-refractivity contribution in [1.82, 2.24) is 0 Å². The first kappa shape index (κ1) is 7.52. The second kappa shape index (κ2) is 2.73. The fourth-order valence-corrected chi connectivity index (χ4v) is 1.25. The van der Waals surface area contributed by atoms with Crippen LogP contribution in [0.4, 0.5) is 0 Å². The predicted molar refractivity (Wildman–Crippen MR) is 45.2 cm³/mol. The van der Waals surface area contributed by atoms with Gasteiger partial charge in [0.2, 0.25) is 0 Å². The molecule has 1 heterocycles. The number of benzene rings is 1. The smallest absolute Gasteiger partial charge is 0.363 e. The Bertz CT molecular complexity index is 455. The van der Waals surface area contributed by atoms with Crippen LogP contribution in [0.1, 0.15) is 5.56 Å². The van der Waals surface area contributed by atoms with E-state index in [1.807, 2.05) is 0 Å². The molecule has 12 heavy (non-hydrogen) atoms. The number of para-hydroxylation sites is 1. The van der Waals surface area contributed by atoms with Gasteiger partial charge in [0.25, 0.3) is 0 Å². The number of fused-ring (bicyclic) bond motifs is 1. The van der Waals surface area contributed by atoms with Crippen molar-refractivity contribution >= 4 is 23.4 Å². The molecule has 4 heteroatoms. The van der Waals surface area contributed by atoms with Crippen molar-refractivity contribution < 1.29 is 13.9 Å². The van der Waals surface area contributed by atoms with Crippen molar-refractivity contribution in [3.05, 3.63) is 28.7 Å². The van der Waals surface area contributed by atoms with Gasteiger partial charge >= 0.3 is 4.90 Å². The average Bonchev–Trinajstić information content (AvgIpc) is 2.44. The number of hydrogen-bond donors (Lipinski definition) is 1. The van der Waals surface area contributed by atoms with E-state index in [9.17, 15) is 0 Å². The second-order valence-electron chi connectivity index (χ2n) is 2.36. The molecule has 0 fully saturated rings. The predicted octanol–water partition coefficient (Wildman–Crippen LogP) is 2.25. The summed E-state index contributed by atoms with van der Waals surface area (Å²) in [7, 11) is 0. The molecular formula is C8H6O3S. The Hall–Kier alpha value is -1.13. The van der Waals surface area contributed by atoms with Gasteiger partial charge in [-0.25, -0.2) is 0 Å². The maximum atomic E-state index is 8.91. The molecule has 0 saturated carbocycles. The summed E-state index contributed by atoms with van der Waals surface area (Å²) in [6.07, 6.45) is 0. The Kier molecular flexibility index (Phi) is 1.71. The molecule has 0 spiro atoms. The van der Waals surface area contributed by atoms with E-state index < -0.39 is 0 Å². The van der Waals surface area contributed by atoms with Gasteiger partial charge in [-0.1, -0.05) is 12.1 Å². The van der Waals surface area contributed by atoms with Gasteiger partial charge in [0.05, 0.1) is 6.61 Å². The Balaban J connectivity index is 2.87. The molecule has 3 nitrogen and oxygen atoms in total. The highest BCUT2D eigenvalue weighted by molar-refractivity contribution is 7.71. The summed E-state index contributed by atoms with van der Waals surface area (Å²) in [5.41, 5.74) is 1.80. The van der Waals surface area contributed by atoms with E-state index in [0.29, 0.717) is 16.7 Å². The van der Waals surface area contributed by atoms with E-state index in [-0.39, 0.29) is 11.5 Å². The first-order valence-corrected chi connectivity index (χ1v) is 3.84. The molecule has 0 unspecified atom stereocenters. The van der Waals surface area contributed by atoms with Crippen molar-refractivity contribution in [2.75, 3.05) is 0 Å². The summed E-state index contributed by atoms with van der Waals surface area (Å²) in [5.74, 6) is 0. The lowest BCUT2D eigenvalue weighted by atomic mass is 10.2. The SMILES string of the molecule is OCc1cccc2oc(=S)oc12. The normalized spacial score (nSPS) is 10.8. The van der Waals surface area contributed by atoms with Crippen LogP contribution in [0.15, 0.2) is 27.0 Å². The van der Waals surface area contributed by atoms with E-state index in [1.54, 1.807) is 18.2 Å². The van der Waals surface area contributed by atoms with Crippen LogP contribution in [0, 0.1) is 4.90 Å². The van der Waals surface area contributed by atoms with Crippen LogP contribution in [0.3, 0.4) is 0 Å². The number of hydrogen-bond acceptors (Lipinski definition) is 4. The average molecular weight is 182 g/mol. The highest BCUT2D eigenvalue weighted by Crippen LogP contribution is 2.20. The summed E-state index contributed by atoms with van der Waals surface area (Å²) >= 11 is 4.71. The second-order valence-corrected chi connectivity index (χ2v) is 2.69. The van der Waals surface area contributed by atoms with Gasteiger partial charge < -0.3 is 13.9 Å². The first-order valence-electron chi connectivity index (χ1n) is 3.43. The molecule has 1 aromatic carbocycles. The molecule has 0 aliphatic rings. The summed E-state index contributed by atoms with van der Waals surface area (Å²) < 4.78 is 10.1. The minimum absolute atomic E-state index is 0.0743. The molecule has 0 saturated heterocycles. The van der Waals surface area contributed by atoms with Crippen LogP contribution < -0.4 is 0 Å².